The Hall–Kier alpha value is -4.88. The van der Waals surface area contributed by atoms with Crippen molar-refractivity contribution in [2.75, 3.05) is 6.54 Å². The second-order valence-corrected chi connectivity index (χ2v) is 11.9. The molecule has 0 heterocycles. The highest BCUT2D eigenvalue weighted by Gasteiger charge is 2.31. The lowest BCUT2D eigenvalue weighted by Crippen LogP contribution is -2.26. The first-order chi connectivity index (χ1) is 22.5. The van der Waals surface area contributed by atoms with Gasteiger partial charge < -0.3 is 19.3 Å². The molecule has 0 aliphatic heterocycles. The van der Waals surface area contributed by atoms with Crippen molar-refractivity contribution >= 4 is 13.9 Å². The Kier molecular flexibility index (Phi) is 12.0. The molecule has 0 bridgehead atoms. The molecule has 9 heteroatoms. The number of carbonyl (C=O) groups is 1. The van der Waals surface area contributed by atoms with E-state index < -0.39 is 13.9 Å². The Labute approximate surface area is 269 Å². The minimum absolute atomic E-state index is 0.0157. The highest BCUT2D eigenvalue weighted by Crippen LogP contribution is 2.53. The quantitative estimate of drug-likeness (QED) is 0.108. The molecule has 5 aromatic rings. The smallest absolute Gasteiger partial charge is 0.485 e. The number of alkyl carbamates (subject to hydrolysis) is 1. The van der Waals surface area contributed by atoms with Crippen molar-refractivity contribution < 1.29 is 32.4 Å². The lowest BCUT2D eigenvalue weighted by atomic mass is 10.1. The summed E-state index contributed by atoms with van der Waals surface area (Å²) in [6.45, 7) is 0.790. The van der Waals surface area contributed by atoms with Gasteiger partial charge in [-0.3, -0.25) is 9.05 Å². The fourth-order valence-corrected chi connectivity index (χ4v) is 5.56. The van der Waals surface area contributed by atoms with E-state index in [0.717, 1.165) is 27.8 Å². The highest BCUT2D eigenvalue weighted by atomic mass is 31.2. The van der Waals surface area contributed by atoms with E-state index in [1.54, 1.807) is 12.1 Å². The first-order valence-electron chi connectivity index (χ1n) is 15.0. The Morgan fingerprint density at radius 1 is 0.543 bits per heavy atom. The average molecular weight is 638 g/mol. The van der Waals surface area contributed by atoms with Crippen molar-refractivity contribution in [1.82, 2.24) is 5.32 Å². The normalized spacial score (nSPS) is 11.0. The monoisotopic (exact) mass is 637 g/mol. The maximum absolute atomic E-state index is 14.2. The van der Waals surface area contributed by atoms with E-state index in [4.69, 9.17) is 23.0 Å². The molecule has 0 unspecified atom stereocenters. The molecule has 5 rings (SSSR count). The second kappa shape index (κ2) is 17.0. The number of phosphoric ester groups is 1. The van der Waals surface area contributed by atoms with Gasteiger partial charge in [-0.1, -0.05) is 127 Å². The number of hydrogen-bond donors (Lipinski definition) is 1. The lowest BCUT2D eigenvalue weighted by Gasteiger charge is -2.21. The molecule has 0 atom stereocenters. The van der Waals surface area contributed by atoms with Crippen molar-refractivity contribution in [1.29, 1.82) is 0 Å². The number of benzene rings is 5. The first-order valence-corrected chi connectivity index (χ1v) is 16.4. The minimum atomic E-state index is -4.16. The minimum Gasteiger partial charge on any atom is -0.485 e. The molecule has 1 amide bonds. The number of rotatable bonds is 16. The van der Waals surface area contributed by atoms with Crippen molar-refractivity contribution in [3.05, 3.63) is 167 Å². The Balaban J connectivity index is 1.30. The van der Waals surface area contributed by atoms with Gasteiger partial charge in [-0.2, -0.15) is 0 Å². The first kappa shape index (κ1) is 32.5. The summed E-state index contributed by atoms with van der Waals surface area (Å²) in [5.41, 5.74) is 4.30. The Bertz CT molecular complexity index is 1640. The molecule has 236 valence electrons. The summed E-state index contributed by atoms with van der Waals surface area (Å²) in [6, 6.07) is 43.3. The molecule has 0 radical (unpaired) electrons. The van der Waals surface area contributed by atoms with E-state index in [1.807, 2.05) is 127 Å². The van der Waals surface area contributed by atoms with Crippen LogP contribution in [0.5, 0.6) is 11.5 Å². The summed E-state index contributed by atoms with van der Waals surface area (Å²) < 4.78 is 43.4. The molecule has 0 aromatic heterocycles. The van der Waals surface area contributed by atoms with Crippen molar-refractivity contribution in [2.24, 2.45) is 0 Å². The maximum Gasteiger partial charge on any atom is 0.530 e. The topological polar surface area (TPSA) is 92.3 Å². The van der Waals surface area contributed by atoms with Gasteiger partial charge in [0.25, 0.3) is 0 Å². The predicted octanol–water partition coefficient (Wildman–Crippen LogP) is 8.66. The van der Waals surface area contributed by atoms with Gasteiger partial charge in [0.1, 0.15) is 13.2 Å². The lowest BCUT2D eigenvalue weighted by molar-refractivity contribution is 0.139. The number of nitrogens with one attached hydrogen (secondary N) is 1. The molecule has 0 fully saturated rings. The molecular weight excluding hydrogens is 601 g/mol. The van der Waals surface area contributed by atoms with Crippen LogP contribution in [0.3, 0.4) is 0 Å². The number of carbonyl (C=O) groups excluding carboxylic acids is 1. The zero-order valence-electron chi connectivity index (χ0n) is 25.3. The number of phosphoric acid groups is 1. The SMILES string of the molecule is O=C(NCCc1ccc(OCc2ccccc2)c(OP(=O)(OCc2ccccc2)OCc2ccccc2)c1)OCc1ccccc1. The molecule has 0 saturated heterocycles. The van der Waals surface area contributed by atoms with Crippen LogP contribution in [0.25, 0.3) is 0 Å². The second-order valence-electron chi connectivity index (χ2n) is 10.4. The van der Waals surface area contributed by atoms with Crippen molar-refractivity contribution in [3.63, 3.8) is 0 Å². The van der Waals surface area contributed by atoms with Crippen LogP contribution in [0, 0.1) is 0 Å². The molecule has 5 aromatic carbocycles. The standard InChI is InChI=1S/C37H36NO7P/c39-37(42-27-32-15-7-2-8-16-32)38-24-23-30-21-22-35(41-26-31-13-5-1-6-14-31)36(25-30)45-46(40,43-28-33-17-9-3-10-18-33)44-29-34-19-11-4-12-20-34/h1-22,25H,23-24,26-29H2,(H,38,39). The summed E-state index contributed by atoms with van der Waals surface area (Å²) in [5, 5.41) is 2.77. The van der Waals surface area contributed by atoms with Crippen molar-refractivity contribution in [2.45, 2.75) is 32.8 Å². The zero-order valence-corrected chi connectivity index (χ0v) is 26.2. The molecule has 0 aliphatic rings. The predicted molar refractivity (Wildman–Crippen MR) is 176 cm³/mol. The Morgan fingerprint density at radius 3 is 1.54 bits per heavy atom. The maximum atomic E-state index is 14.2. The van der Waals surface area contributed by atoms with Crippen LogP contribution in [-0.4, -0.2) is 12.6 Å². The van der Waals surface area contributed by atoms with Gasteiger partial charge in [-0.05, 0) is 46.4 Å². The molecule has 46 heavy (non-hydrogen) atoms. The molecule has 8 nitrogen and oxygen atoms in total. The van der Waals surface area contributed by atoms with Gasteiger partial charge in [0.2, 0.25) is 0 Å². The van der Waals surface area contributed by atoms with Crippen LogP contribution in [0.4, 0.5) is 4.79 Å². The van der Waals surface area contributed by atoms with Crippen LogP contribution in [0.2, 0.25) is 0 Å². The number of amides is 1. The van der Waals surface area contributed by atoms with Gasteiger partial charge in [-0.15, -0.1) is 0 Å². The van der Waals surface area contributed by atoms with E-state index in [1.165, 1.54) is 0 Å². The molecule has 0 saturated carbocycles. The van der Waals surface area contributed by atoms with E-state index in [0.29, 0.717) is 18.7 Å². The number of hydrogen-bond acceptors (Lipinski definition) is 7. The van der Waals surface area contributed by atoms with Gasteiger partial charge >= 0.3 is 13.9 Å². The van der Waals surface area contributed by atoms with Gasteiger partial charge in [-0.25, -0.2) is 9.36 Å². The molecular formula is C37H36NO7P. The van der Waals surface area contributed by atoms with E-state index in [-0.39, 0.29) is 32.2 Å². The van der Waals surface area contributed by atoms with Crippen molar-refractivity contribution in [3.8, 4) is 11.5 Å². The number of ether oxygens (including phenoxy) is 2. The third kappa shape index (κ3) is 10.6. The zero-order chi connectivity index (χ0) is 31.9. The van der Waals surface area contributed by atoms with Crippen LogP contribution >= 0.6 is 7.82 Å². The summed E-state index contributed by atoms with van der Waals surface area (Å²) in [5.74, 6) is 0.569. The van der Waals surface area contributed by atoms with E-state index in [9.17, 15) is 9.36 Å². The highest BCUT2D eigenvalue weighted by molar-refractivity contribution is 7.48. The van der Waals surface area contributed by atoms with Crippen LogP contribution in [-0.2, 0) is 51.2 Å². The fraction of sp³-hybridized carbons (Fsp3) is 0.162. The van der Waals surface area contributed by atoms with E-state index in [2.05, 4.69) is 5.32 Å². The van der Waals surface area contributed by atoms with Crippen LogP contribution in [0.15, 0.2) is 140 Å². The van der Waals surface area contributed by atoms with Crippen LogP contribution < -0.4 is 14.6 Å². The third-order valence-corrected chi connectivity index (χ3v) is 8.13. The fourth-order valence-electron chi connectivity index (χ4n) is 4.38. The Morgan fingerprint density at radius 2 is 1.02 bits per heavy atom. The summed E-state index contributed by atoms with van der Waals surface area (Å²) in [6.07, 6.45) is -0.0632. The van der Waals surface area contributed by atoms with E-state index >= 15 is 0 Å². The average Bonchev–Trinajstić information content (AvgIpc) is 3.10. The van der Waals surface area contributed by atoms with Gasteiger partial charge in [0.15, 0.2) is 11.5 Å². The molecule has 0 aliphatic carbocycles. The largest absolute Gasteiger partial charge is 0.530 e. The van der Waals surface area contributed by atoms with Crippen LogP contribution in [0.1, 0.15) is 27.8 Å². The summed E-state index contributed by atoms with van der Waals surface area (Å²) >= 11 is 0. The molecule has 0 spiro atoms. The van der Waals surface area contributed by atoms with Gasteiger partial charge in [0, 0.05) is 6.54 Å². The summed E-state index contributed by atoms with van der Waals surface area (Å²) in [7, 11) is -4.16. The third-order valence-electron chi connectivity index (χ3n) is 6.82. The summed E-state index contributed by atoms with van der Waals surface area (Å²) in [4.78, 5) is 12.3. The van der Waals surface area contributed by atoms with Gasteiger partial charge in [0.05, 0.1) is 13.2 Å². The molecule has 1 N–H and O–H groups in total.